The van der Waals surface area contributed by atoms with Crippen LogP contribution in [0, 0.1) is 6.92 Å². The molecule has 0 aliphatic carbocycles. The molecule has 2 rings (SSSR count). The molecule has 98 valence electrons. The maximum absolute atomic E-state index is 12.3. The highest BCUT2D eigenvalue weighted by Crippen LogP contribution is 2.24. The van der Waals surface area contributed by atoms with Crippen LogP contribution in [0.1, 0.15) is 21.5 Å². The third-order valence-electron chi connectivity index (χ3n) is 2.78. The minimum absolute atomic E-state index is 0.150. The van der Waals surface area contributed by atoms with Gasteiger partial charge in [0.2, 0.25) is 0 Å². The van der Waals surface area contributed by atoms with Gasteiger partial charge in [0.1, 0.15) is 0 Å². The van der Waals surface area contributed by atoms with Crippen LogP contribution in [-0.2, 0) is 5.33 Å². The normalized spacial score (nSPS) is 10.3. The van der Waals surface area contributed by atoms with E-state index in [1.807, 2.05) is 37.3 Å². The molecule has 19 heavy (non-hydrogen) atoms. The quantitative estimate of drug-likeness (QED) is 0.801. The van der Waals surface area contributed by atoms with Gasteiger partial charge in [-0.2, -0.15) is 0 Å². The van der Waals surface area contributed by atoms with E-state index in [1.165, 1.54) is 0 Å². The lowest BCUT2D eigenvalue weighted by atomic mass is 10.1. The number of nitrogens with one attached hydrogen (secondary N) is 1. The summed E-state index contributed by atoms with van der Waals surface area (Å²) in [7, 11) is 0. The zero-order valence-corrected chi connectivity index (χ0v) is 12.8. The van der Waals surface area contributed by atoms with Gasteiger partial charge in [-0.15, -0.1) is 0 Å². The van der Waals surface area contributed by atoms with Crippen molar-refractivity contribution in [3.8, 4) is 0 Å². The number of hydrogen-bond donors (Lipinski definition) is 1. The van der Waals surface area contributed by atoms with Gasteiger partial charge in [0.05, 0.1) is 10.7 Å². The molecule has 0 saturated heterocycles. The highest BCUT2D eigenvalue weighted by atomic mass is 79.9. The molecule has 0 heterocycles. The Labute approximate surface area is 125 Å². The van der Waals surface area contributed by atoms with E-state index in [0.29, 0.717) is 21.6 Å². The Morgan fingerprint density at radius 3 is 2.74 bits per heavy atom. The summed E-state index contributed by atoms with van der Waals surface area (Å²) in [5.74, 6) is -0.150. The fraction of sp³-hybridized carbons (Fsp3) is 0.133. The molecule has 0 atom stereocenters. The molecule has 0 radical (unpaired) electrons. The molecule has 1 N–H and O–H groups in total. The molecule has 2 aromatic carbocycles. The second-order valence-electron chi connectivity index (χ2n) is 4.23. The number of carbonyl (C=O) groups excluding carboxylic acids is 1. The Bertz CT molecular complexity index is 613. The van der Waals surface area contributed by atoms with Gasteiger partial charge < -0.3 is 5.32 Å². The minimum atomic E-state index is -0.150. The van der Waals surface area contributed by atoms with Crippen LogP contribution < -0.4 is 5.32 Å². The Morgan fingerprint density at radius 2 is 2.00 bits per heavy atom. The van der Waals surface area contributed by atoms with Gasteiger partial charge in [0.15, 0.2) is 0 Å². The van der Waals surface area contributed by atoms with Gasteiger partial charge in [0.25, 0.3) is 5.91 Å². The molecule has 0 fully saturated rings. The van der Waals surface area contributed by atoms with E-state index in [-0.39, 0.29) is 5.91 Å². The van der Waals surface area contributed by atoms with Crippen LogP contribution >= 0.6 is 27.5 Å². The number of anilines is 1. The molecule has 2 aromatic rings. The summed E-state index contributed by atoms with van der Waals surface area (Å²) >= 11 is 9.46. The summed E-state index contributed by atoms with van der Waals surface area (Å²) in [5, 5.41) is 4.02. The molecule has 0 aliphatic rings. The van der Waals surface area contributed by atoms with Crippen LogP contribution in [0.2, 0.25) is 5.02 Å². The fourth-order valence-electron chi connectivity index (χ4n) is 1.78. The van der Waals surface area contributed by atoms with Crippen molar-refractivity contribution in [1.82, 2.24) is 0 Å². The molecule has 0 aromatic heterocycles. The fourth-order valence-corrected chi connectivity index (χ4v) is 2.44. The van der Waals surface area contributed by atoms with Gasteiger partial charge in [-0.25, -0.2) is 0 Å². The van der Waals surface area contributed by atoms with E-state index < -0.39 is 0 Å². The Balaban J connectivity index is 2.28. The van der Waals surface area contributed by atoms with Crippen LogP contribution in [-0.4, -0.2) is 5.91 Å². The molecule has 0 bridgehead atoms. The minimum Gasteiger partial charge on any atom is -0.321 e. The highest BCUT2D eigenvalue weighted by molar-refractivity contribution is 9.08. The smallest absolute Gasteiger partial charge is 0.256 e. The largest absolute Gasteiger partial charge is 0.321 e. The van der Waals surface area contributed by atoms with Crippen LogP contribution in [0.3, 0.4) is 0 Å². The van der Waals surface area contributed by atoms with E-state index in [1.54, 1.807) is 12.1 Å². The number of hydrogen-bond acceptors (Lipinski definition) is 1. The average molecular weight is 339 g/mol. The number of rotatable bonds is 3. The zero-order valence-electron chi connectivity index (χ0n) is 10.4. The standard InChI is InChI=1S/C15H13BrClNO/c1-10-6-7-13(17)14(8-10)18-15(19)12-5-3-2-4-11(12)9-16/h2-8H,9H2,1H3,(H,18,19). The van der Waals surface area contributed by atoms with Crippen LogP contribution in [0.5, 0.6) is 0 Å². The lowest BCUT2D eigenvalue weighted by Gasteiger charge is -2.10. The van der Waals surface area contributed by atoms with Crippen molar-refractivity contribution in [2.45, 2.75) is 12.3 Å². The van der Waals surface area contributed by atoms with Gasteiger partial charge >= 0.3 is 0 Å². The van der Waals surface area contributed by atoms with Gasteiger partial charge in [-0.05, 0) is 36.2 Å². The Hall–Kier alpha value is -1.32. The predicted octanol–water partition coefficient (Wildman–Crippen LogP) is 4.80. The maximum Gasteiger partial charge on any atom is 0.256 e. The Morgan fingerprint density at radius 1 is 1.26 bits per heavy atom. The van der Waals surface area contributed by atoms with E-state index >= 15 is 0 Å². The lowest BCUT2D eigenvalue weighted by molar-refractivity contribution is 0.102. The van der Waals surface area contributed by atoms with Crippen molar-refractivity contribution in [2.75, 3.05) is 5.32 Å². The average Bonchev–Trinajstić information content (AvgIpc) is 2.42. The molecule has 2 nitrogen and oxygen atoms in total. The number of amides is 1. The first-order chi connectivity index (χ1) is 9.11. The molecule has 0 spiro atoms. The Kier molecular flexibility index (Phi) is 4.61. The molecular formula is C15H13BrClNO. The second kappa shape index (κ2) is 6.22. The van der Waals surface area contributed by atoms with Crippen molar-refractivity contribution in [2.24, 2.45) is 0 Å². The van der Waals surface area contributed by atoms with Crippen LogP contribution in [0.25, 0.3) is 0 Å². The van der Waals surface area contributed by atoms with E-state index in [9.17, 15) is 4.79 Å². The third kappa shape index (κ3) is 3.37. The summed E-state index contributed by atoms with van der Waals surface area (Å²) < 4.78 is 0. The van der Waals surface area contributed by atoms with Gasteiger partial charge in [0, 0.05) is 10.9 Å². The summed E-state index contributed by atoms with van der Waals surface area (Å²) in [6, 6.07) is 13.0. The van der Waals surface area contributed by atoms with Crippen molar-refractivity contribution in [3.05, 3.63) is 64.2 Å². The molecule has 0 aliphatic heterocycles. The van der Waals surface area contributed by atoms with Crippen molar-refractivity contribution in [3.63, 3.8) is 0 Å². The monoisotopic (exact) mass is 337 g/mol. The molecule has 1 amide bonds. The first-order valence-corrected chi connectivity index (χ1v) is 7.33. The second-order valence-corrected chi connectivity index (χ2v) is 5.20. The SMILES string of the molecule is Cc1ccc(Cl)c(NC(=O)c2ccccc2CBr)c1. The zero-order chi connectivity index (χ0) is 13.8. The van der Waals surface area contributed by atoms with Gasteiger partial charge in [-0.1, -0.05) is 51.8 Å². The summed E-state index contributed by atoms with van der Waals surface area (Å²) in [5.41, 5.74) is 3.28. The van der Waals surface area contributed by atoms with Crippen LogP contribution in [0.15, 0.2) is 42.5 Å². The van der Waals surface area contributed by atoms with E-state index in [0.717, 1.165) is 11.1 Å². The first-order valence-electron chi connectivity index (χ1n) is 5.83. The van der Waals surface area contributed by atoms with E-state index in [4.69, 9.17) is 11.6 Å². The number of aryl methyl sites for hydroxylation is 1. The molecule has 4 heteroatoms. The summed E-state index contributed by atoms with van der Waals surface area (Å²) in [6.07, 6.45) is 0. The maximum atomic E-state index is 12.3. The van der Waals surface area contributed by atoms with Crippen molar-refractivity contribution < 1.29 is 4.79 Å². The summed E-state index contributed by atoms with van der Waals surface area (Å²) in [6.45, 7) is 1.96. The highest BCUT2D eigenvalue weighted by Gasteiger charge is 2.11. The molecular weight excluding hydrogens is 326 g/mol. The van der Waals surface area contributed by atoms with E-state index in [2.05, 4.69) is 21.2 Å². The number of alkyl halides is 1. The van der Waals surface area contributed by atoms with Crippen molar-refractivity contribution in [1.29, 1.82) is 0 Å². The topological polar surface area (TPSA) is 29.1 Å². The van der Waals surface area contributed by atoms with Crippen LogP contribution in [0.4, 0.5) is 5.69 Å². The lowest BCUT2D eigenvalue weighted by Crippen LogP contribution is -2.14. The number of carbonyl (C=O) groups is 1. The first kappa shape index (κ1) is 14.1. The summed E-state index contributed by atoms with van der Waals surface area (Å²) in [4.78, 5) is 12.3. The number of benzene rings is 2. The molecule has 0 saturated carbocycles. The third-order valence-corrected chi connectivity index (χ3v) is 3.71. The van der Waals surface area contributed by atoms with Gasteiger partial charge in [-0.3, -0.25) is 4.79 Å². The van der Waals surface area contributed by atoms with Crippen molar-refractivity contribution >= 4 is 39.1 Å². The number of halogens is 2. The predicted molar refractivity (Wildman–Crippen MR) is 83.2 cm³/mol. The molecule has 0 unspecified atom stereocenters.